The molecule has 0 unspecified atom stereocenters. The normalized spacial score (nSPS) is 11.6. The summed E-state index contributed by atoms with van der Waals surface area (Å²) >= 11 is 0. The molecule has 108 valence electrons. The van der Waals surface area contributed by atoms with Crippen LogP contribution in [0.1, 0.15) is 12.8 Å². The van der Waals surface area contributed by atoms with Crippen molar-refractivity contribution in [2.75, 3.05) is 20.1 Å². The van der Waals surface area contributed by atoms with E-state index in [1.165, 1.54) is 17.1 Å². The molecule has 0 aromatic carbocycles. The van der Waals surface area contributed by atoms with Gasteiger partial charge in [-0.1, -0.05) is 0 Å². The van der Waals surface area contributed by atoms with Gasteiger partial charge in [0.25, 0.3) is 0 Å². The fourth-order valence-corrected chi connectivity index (χ4v) is 2.40. The zero-order valence-corrected chi connectivity index (χ0v) is 11.5. The highest BCUT2D eigenvalue weighted by atomic mass is 32.2. The second kappa shape index (κ2) is 7.22. The maximum Gasteiger partial charge on any atom is 0.305 e. The Bertz CT molecular complexity index is 511. The van der Waals surface area contributed by atoms with E-state index in [-0.39, 0.29) is 17.9 Å². The highest BCUT2D eigenvalue weighted by molar-refractivity contribution is 7.89. The lowest BCUT2D eigenvalue weighted by molar-refractivity contribution is -0.137. The van der Waals surface area contributed by atoms with E-state index in [1.54, 1.807) is 7.05 Å². The molecule has 0 radical (unpaired) electrons. The lowest BCUT2D eigenvalue weighted by Crippen LogP contribution is -2.26. The number of carboxylic acids is 1. The number of rotatable bonds is 9. The predicted molar refractivity (Wildman–Crippen MR) is 68.2 cm³/mol. The van der Waals surface area contributed by atoms with Crippen molar-refractivity contribution < 1.29 is 18.3 Å². The van der Waals surface area contributed by atoms with Crippen molar-refractivity contribution in [2.45, 2.75) is 24.3 Å². The fourth-order valence-electron chi connectivity index (χ4n) is 1.37. The second-order valence-corrected chi connectivity index (χ2v) is 5.70. The maximum atomic E-state index is 11.8. The quantitative estimate of drug-likeness (QED) is 0.515. The minimum Gasteiger partial charge on any atom is -0.481 e. The maximum absolute atomic E-state index is 11.8. The minimum absolute atomic E-state index is 0.0438. The van der Waals surface area contributed by atoms with Gasteiger partial charge in [-0.25, -0.2) is 13.1 Å². The van der Waals surface area contributed by atoms with Gasteiger partial charge >= 0.3 is 5.97 Å². The molecule has 0 aliphatic rings. The minimum atomic E-state index is -3.57. The van der Waals surface area contributed by atoms with Crippen molar-refractivity contribution in [3.05, 3.63) is 12.4 Å². The van der Waals surface area contributed by atoms with E-state index in [0.717, 1.165) is 6.54 Å². The topological polar surface area (TPSA) is 113 Å². The molecular weight excluding hydrogens is 272 g/mol. The number of nitrogens with one attached hydrogen (secondary N) is 2. The fraction of sp³-hybridized carbons (Fsp3) is 0.600. The summed E-state index contributed by atoms with van der Waals surface area (Å²) in [5, 5.41) is 15.3. The Labute approximate surface area is 111 Å². The van der Waals surface area contributed by atoms with Gasteiger partial charge in [-0.2, -0.15) is 5.10 Å². The molecule has 0 atom stereocenters. The third-order valence-electron chi connectivity index (χ3n) is 2.37. The number of sulfonamides is 1. The molecule has 9 heteroatoms. The summed E-state index contributed by atoms with van der Waals surface area (Å²) in [6, 6.07) is 0. The van der Waals surface area contributed by atoms with E-state index in [0.29, 0.717) is 13.0 Å². The van der Waals surface area contributed by atoms with Gasteiger partial charge < -0.3 is 10.4 Å². The van der Waals surface area contributed by atoms with Crippen molar-refractivity contribution in [2.24, 2.45) is 0 Å². The average molecular weight is 290 g/mol. The third kappa shape index (κ3) is 5.37. The summed E-state index contributed by atoms with van der Waals surface area (Å²) in [4.78, 5) is 10.4. The van der Waals surface area contributed by atoms with E-state index >= 15 is 0 Å². The van der Waals surface area contributed by atoms with Gasteiger partial charge in [0.2, 0.25) is 10.0 Å². The smallest absolute Gasteiger partial charge is 0.305 e. The molecule has 0 spiro atoms. The first kappa shape index (κ1) is 15.6. The molecule has 0 saturated heterocycles. The summed E-state index contributed by atoms with van der Waals surface area (Å²) < 4.78 is 27.4. The van der Waals surface area contributed by atoms with Crippen LogP contribution in [0.4, 0.5) is 0 Å². The van der Waals surface area contributed by atoms with Gasteiger partial charge in [0.1, 0.15) is 4.90 Å². The number of carbonyl (C=O) groups is 1. The van der Waals surface area contributed by atoms with E-state index in [9.17, 15) is 13.2 Å². The van der Waals surface area contributed by atoms with Gasteiger partial charge in [0.05, 0.1) is 19.2 Å². The number of nitrogens with zero attached hydrogens (tertiary/aromatic N) is 2. The highest BCUT2D eigenvalue weighted by Crippen LogP contribution is 2.07. The first-order valence-electron chi connectivity index (χ1n) is 5.84. The van der Waals surface area contributed by atoms with Crippen LogP contribution in [0.3, 0.4) is 0 Å². The molecule has 19 heavy (non-hydrogen) atoms. The van der Waals surface area contributed by atoms with Gasteiger partial charge in [-0.05, 0) is 20.0 Å². The lowest BCUT2D eigenvalue weighted by Gasteiger charge is -2.04. The van der Waals surface area contributed by atoms with E-state index < -0.39 is 16.0 Å². The number of hydrogen-bond acceptors (Lipinski definition) is 5. The summed E-state index contributed by atoms with van der Waals surface area (Å²) in [6.07, 6.45) is 3.12. The summed E-state index contributed by atoms with van der Waals surface area (Å²) in [5.74, 6) is -0.954. The Kier molecular flexibility index (Phi) is 5.93. The van der Waals surface area contributed by atoms with Crippen LogP contribution in [0.15, 0.2) is 17.3 Å². The Morgan fingerprint density at radius 1 is 1.47 bits per heavy atom. The van der Waals surface area contributed by atoms with Crippen LogP contribution >= 0.6 is 0 Å². The predicted octanol–water partition coefficient (Wildman–Crippen LogP) is -0.754. The summed E-state index contributed by atoms with van der Waals surface area (Å²) in [7, 11) is -1.77. The van der Waals surface area contributed by atoms with Crippen molar-refractivity contribution in [1.82, 2.24) is 19.8 Å². The van der Waals surface area contributed by atoms with Gasteiger partial charge in [-0.15, -0.1) is 0 Å². The van der Waals surface area contributed by atoms with E-state index in [1.807, 2.05) is 0 Å². The van der Waals surface area contributed by atoms with Gasteiger partial charge in [0.15, 0.2) is 0 Å². The van der Waals surface area contributed by atoms with Crippen LogP contribution in [0.5, 0.6) is 0 Å². The van der Waals surface area contributed by atoms with Crippen molar-refractivity contribution in [3.63, 3.8) is 0 Å². The molecule has 0 bridgehead atoms. The van der Waals surface area contributed by atoms with Gasteiger partial charge in [0, 0.05) is 12.7 Å². The molecule has 1 rings (SSSR count). The number of carboxylic acid groups (broad SMARTS) is 1. The van der Waals surface area contributed by atoms with Crippen LogP contribution < -0.4 is 10.0 Å². The van der Waals surface area contributed by atoms with Crippen molar-refractivity contribution >= 4 is 16.0 Å². The number of aromatic nitrogens is 2. The third-order valence-corrected chi connectivity index (χ3v) is 3.79. The van der Waals surface area contributed by atoms with Crippen LogP contribution in [-0.4, -0.2) is 49.4 Å². The van der Waals surface area contributed by atoms with Gasteiger partial charge in [-0.3, -0.25) is 9.48 Å². The largest absolute Gasteiger partial charge is 0.481 e. The highest BCUT2D eigenvalue weighted by Gasteiger charge is 2.15. The van der Waals surface area contributed by atoms with Crippen molar-refractivity contribution in [3.8, 4) is 0 Å². The van der Waals surface area contributed by atoms with Crippen LogP contribution in [0.25, 0.3) is 0 Å². The molecule has 3 N–H and O–H groups in total. The summed E-state index contributed by atoms with van der Waals surface area (Å²) in [6.45, 7) is 1.20. The molecule has 0 fully saturated rings. The molecular formula is C10H18N4O4S. The average Bonchev–Trinajstić information content (AvgIpc) is 2.82. The van der Waals surface area contributed by atoms with Crippen LogP contribution in [0.2, 0.25) is 0 Å². The Balaban J connectivity index is 2.56. The molecule has 1 heterocycles. The molecule has 1 aromatic heterocycles. The molecule has 0 amide bonds. The standard InChI is InChI=1S/C10H18N4O4S/c1-11-4-2-5-13-19(17,18)9-7-12-14(8-9)6-3-10(15)16/h7-8,11,13H,2-6H2,1H3,(H,15,16). The van der Waals surface area contributed by atoms with Crippen LogP contribution in [0, 0.1) is 0 Å². The molecule has 1 aromatic rings. The number of hydrogen-bond donors (Lipinski definition) is 3. The summed E-state index contributed by atoms with van der Waals surface area (Å²) in [5.41, 5.74) is 0. The SMILES string of the molecule is CNCCCNS(=O)(=O)c1cnn(CCC(=O)O)c1. The molecule has 0 aliphatic carbocycles. The first-order valence-corrected chi connectivity index (χ1v) is 7.32. The van der Waals surface area contributed by atoms with E-state index in [2.05, 4.69) is 15.1 Å². The monoisotopic (exact) mass is 290 g/mol. The number of aliphatic carboxylic acids is 1. The Hall–Kier alpha value is -1.45. The number of aryl methyl sites for hydroxylation is 1. The molecule has 0 aliphatic heterocycles. The second-order valence-electron chi connectivity index (χ2n) is 3.94. The molecule has 8 nitrogen and oxygen atoms in total. The zero-order chi connectivity index (χ0) is 14.3. The lowest BCUT2D eigenvalue weighted by atomic mass is 10.4. The van der Waals surface area contributed by atoms with Crippen LogP contribution in [-0.2, 0) is 21.4 Å². The first-order chi connectivity index (χ1) is 8.95. The molecule has 0 saturated carbocycles. The Morgan fingerprint density at radius 2 is 2.21 bits per heavy atom. The zero-order valence-electron chi connectivity index (χ0n) is 10.7. The Morgan fingerprint density at radius 3 is 2.84 bits per heavy atom. The van der Waals surface area contributed by atoms with Crippen molar-refractivity contribution in [1.29, 1.82) is 0 Å². The van der Waals surface area contributed by atoms with E-state index in [4.69, 9.17) is 5.11 Å².